The second kappa shape index (κ2) is 6.64. The summed E-state index contributed by atoms with van der Waals surface area (Å²) >= 11 is 1.85. The lowest BCUT2D eigenvalue weighted by atomic mass is 9.76. The summed E-state index contributed by atoms with van der Waals surface area (Å²) in [6.07, 6.45) is 3.93. The number of hydrogen-bond acceptors (Lipinski definition) is 3. The Hall–Kier alpha value is -0.220. The molecule has 1 amide bonds. The fraction of sp³-hybridized carbons (Fsp3) is 0.923. The number of amides is 1. The summed E-state index contributed by atoms with van der Waals surface area (Å²) in [7, 11) is 0. The van der Waals surface area contributed by atoms with Gasteiger partial charge in [0.2, 0.25) is 5.91 Å². The number of nitrogens with one attached hydrogen (secondary N) is 1. The third-order valence-electron chi connectivity index (χ3n) is 3.43. The molecule has 0 bridgehead atoms. The molecule has 0 spiro atoms. The molecule has 0 aliphatic heterocycles. The van der Waals surface area contributed by atoms with Crippen LogP contribution in [-0.2, 0) is 4.79 Å². The first kappa shape index (κ1) is 14.8. The van der Waals surface area contributed by atoms with E-state index in [4.69, 9.17) is 5.73 Å². The van der Waals surface area contributed by atoms with Crippen molar-refractivity contribution in [3.8, 4) is 0 Å². The Kier molecular flexibility index (Phi) is 5.80. The molecule has 1 rings (SSSR count). The lowest BCUT2D eigenvalue weighted by molar-refractivity contribution is -0.128. The minimum atomic E-state index is -0.622. The largest absolute Gasteiger partial charge is 0.351 e. The van der Waals surface area contributed by atoms with Gasteiger partial charge in [-0.25, -0.2) is 0 Å². The average molecular weight is 258 g/mol. The third kappa shape index (κ3) is 4.51. The minimum absolute atomic E-state index is 0.0493. The Morgan fingerprint density at radius 3 is 2.94 bits per heavy atom. The number of nitrogens with two attached hydrogens (primary N) is 1. The van der Waals surface area contributed by atoms with E-state index in [0.29, 0.717) is 5.92 Å². The van der Waals surface area contributed by atoms with Crippen LogP contribution < -0.4 is 11.1 Å². The molecule has 3 unspecified atom stereocenters. The smallest absolute Gasteiger partial charge is 0.240 e. The molecule has 0 aromatic heterocycles. The van der Waals surface area contributed by atoms with Crippen molar-refractivity contribution >= 4 is 17.7 Å². The van der Waals surface area contributed by atoms with Gasteiger partial charge in [0.25, 0.3) is 0 Å². The van der Waals surface area contributed by atoms with Gasteiger partial charge in [-0.3, -0.25) is 4.79 Å². The molecular formula is C13H26N2OS. The Balaban J connectivity index is 2.45. The number of hydrogen-bond donors (Lipinski definition) is 2. The van der Waals surface area contributed by atoms with Gasteiger partial charge in [-0.05, 0) is 31.4 Å². The van der Waals surface area contributed by atoms with E-state index < -0.39 is 5.54 Å². The van der Waals surface area contributed by atoms with E-state index in [0.717, 1.165) is 30.8 Å². The maximum Gasteiger partial charge on any atom is 0.240 e. The van der Waals surface area contributed by atoms with Crippen molar-refractivity contribution in [2.24, 2.45) is 11.7 Å². The molecule has 0 saturated heterocycles. The molecule has 100 valence electrons. The first-order valence-corrected chi connectivity index (χ1v) is 7.81. The van der Waals surface area contributed by atoms with Crippen molar-refractivity contribution in [1.29, 1.82) is 0 Å². The fourth-order valence-electron chi connectivity index (χ4n) is 2.50. The van der Waals surface area contributed by atoms with Crippen LogP contribution in [0.5, 0.6) is 0 Å². The SMILES string of the molecule is CCSCC(C)NC(=O)C1(N)CCCC(C)C1. The highest BCUT2D eigenvalue weighted by molar-refractivity contribution is 7.99. The highest BCUT2D eigenvalue weighted by Gasteiger charge is 2.38. The van der Waals surface area contributed by atoms with Crippen LogP contribution in [-0.4, -0.2) is 29.0 Å². The van der Waals surface area contributed by atoms with E-state index in [2.05, 4.69) is 26.1 Å². The zero-order chi connectivity index (χ0) is 12.9. The zero-order valence-corrected chi connectivity index (χ0v) is 12.1. The van der Waals surface area contributed by atoms with E-state index in [9.17, 15) is 4.79 Å². The van der Waals surface area contributed by atoms with Gasteiger partial charge in [0.05, 0.1) is 5.54 Å². The molecule has 4 heteroatoms. The van der Waals surface area contributed by atoms with Crippen LogP contribution in [0.3, 0.4) is 0 Å². The normalized spacial score (nSPS) is 30.9. The van der Waals surface area contributed by atoms with Crippen LogP contribution in [0.2, 0.25) is 0 Å². The van der Waals surface area contributed by atoms with Crippen molar-refractivity contribution in [3.05, 3.63) is 0 Å². The standard InChI is InChI=1S/C13H26N2OS/c1-4-17-9-11(3)15-12(16)13(14)7-5-6-10(2)8-13/h10-11H,4-9,14H2,1-3H3,(H,15,16). The molecule has 0 aromatic carbocycles. The number of thioether (sulfide) groups is 1. The lowest BCUT2D eigenvalue weighted by Gasteiger charge is -2.36. The maximum absolute atomic E-state index is 12.2. The monoisotopic (exact) mass is 258 g/mol. The molecule has 17 heavy (non-hydrogen) atoms. The third-order valence-corrected chi connectivity index (χ3v) is 4.58. The topological polar surface area (TPSA) is 55.1 Å². The summed E-state index contributed by atoms with van der Waals surface area (Å²) in [5.74, 6) is 2.67. The fourth-order valence-corrected chi connectivity index (χ4v) is 3.17. The number of carbonyl (C=O) groups is 1. The van der Waals surface area contributed by atoms with Gasteiger partial charge < -0.3 is 11.1 Å². The molecule has 1 fully saturated rings. The van der Waals surface area contributed by atoms with Gasteiger partial charge in [0.1, 0.15) is 0 Å². The summed E-state index contributed by atoms with van der Waals surface area (Å²) in [6, 6.07) is 0.213. The molecular weight excluding hydrogens is 232 g/mol. The van der Waals surface area contributed by atoms with Crippen LogP contribution in [0.4, 0.5) is 0 Å². The van der Waals surface area contributed by atoms with Crippen LogP contribution in [0.1, 0.15) is 46.5 Å². The summed E-state index contributed by atoms with van der Waals surface area (Å²) in [5, 5.41) is 3.06. The van der Waals surface area contributed by atoms with Gasteiger partial charge in [0, 0.05) is 11.8 Å². The predicted molar refractivity (Wildman–Crippen MR) is 75.2 cm³/mol. The number of rotatable bonds is 5. The minimum Gasteiger partial charge on any atom is -0.351 e. The second-order valence-electron chi connectivity index (χ2n) is 5.39. The van der Waals surface area contributed by atoms with Crippen LogP contribution >= 0.6 is 11.8 Å². The first-order chi connectivity index (χ1) is 7.98. The Labute approximate surface area is 109 Å². The van der Waals surface area contributed by atoms with Gasteiger partial charge >= 0.3 is 0 Å². The maximum atomic E-state index is 12.2. The highest BCUT2D eigenvalue weighted by Crippen LogP contribution is 2.30. The second-order valence-corrected chi connectivity index (χ2v) is 6.71. The van der Waals surface area contributed by atoms with Gasteiger partial charge in [0.15, 0.2) is 0 Å². The molecule has 3 atom stereocenters. The molecule has 1 aliphatic carbocycles. The Bertz CT molecular complexity index is 260. The molecule has 3 nitrogen and oxygen atoms in total. The van der Waals surface area contributed by atoms with Crippen molar-refractivity contribution in [3.63, 3.8) is 0 Å². The Morgan fingerprint density at radius 1 is 1.65 bits per heavy atom. The van der Waals surface area contributed by atoms with Gasteiger partial charge in [-0.15, -0.1) is 0 Å². The van der Waals surface area contributed by atoms with E-state index in [1.165, 1.54) is 6.42 Å². The van der Waals surface area contributed by atoms with E-state index in [-0.39, 0.29) is 11.9 Å². The van der Waals surface area contributed by atoms with Crippen LogP contribution in [0.15, 0.2) is 0 Å². The molecule has 1 aliphatic rings. The average Bonchev–Trinajstić information content (AvgIpc) is 2.26. The van der Waals surface area contributed by atoms with E-state index in [1.807, 2.05) is 11.8 Å². The Morgan fingerprint density at radius 2 is 2.35 bits per heavy atom. The molecule has 3 N–H and O–H groups in total. The molecule has 0 heterocycles. The number of carbonyl (C=O) groups excluding carboxylic acids is 1. The highest BCUT2D eigenvalue weighted by atomic mass is 32.2. The summed E-state index contributed by atoms with van der Waals surface area (Å²) in [4.78, 5) is 12.2. The quantitative estimate of drug-likeness (QED) is 0.794. The first-order valence-electron chi connectivity index (χ1n) is 6.65. The van der Waals surface area contributed by atoms with Crippen molar-refractivity contribution in [2.75, 3.05) is 11.5 Å². The molecule has 0 radical (unpaired) electrons. The van der Waals surface area contributed by atoms with E-state index >= 15 is 0 Å². The molecule has 0 aromatic rings. The summed E-state index contributed by atoms with van der Waals surface area (Å²) in [6.45, 7) is 6.37. The summed E-state index contributed by atoms with van der Waals surface area (Å²) in [5.41, 5.74) is 5.63. The van der Waals surface area contributed by atoms with E-state index in [1.54, 1.807) is 0 Å². The zero-order valence-electron chi connectivity index (χ0n) is 11.3. The van der Waals surface area contributed by atoms with Gasteiger partial charge in [-0.2, -0.15) is 11.8 Å². The predicted octanol–water partition coefficient (Wildman–Crippen LogP) is 2.15. The van der Waals surface area contributed by atoms with Crippen LogP contribution in [0, 0.1) is 5.92 Å². The lowest BCUT2D eigenvalue weighted by Crippen LogP contribution is -2.58. The van der Waals surface area contributed by atoms with Crippen LogP contribution in [0.25, 0.3) is 0 Å². The molecule has 1 saturated carbocycles. The summed E-state index contributed by atoms with van der Waals surface area (Å²) < 4.78 is 0. The van der Waals surface area contributed by atoms with Crippen molar-refractivity contribution in [1.82, 2.24) is 5.32 Å². The van der Waals surface area contributed by atoms with Crippen molar-refractivity contribution in [2.45, 2.75) is 58.0 Å². The van der Waals surface area contributed by atoms with Gasteiger partial charge in [-0.1, -0.05) is 26.7 Å². The van der Waals surface area contributed by atoms with Crippen molar-refractivity contribution < 1.29 is 4.79 Å².